The molecule has 8 heteroatoms. The van der Waals surface area contributed by atoms with E-state index in [1.54, 1.807) is 12.3 Å². The van der Waals surface area contributed by atoms with Crippen LogP contribution in [0.3, 0.4) is 0 Å². The Kier molecular flexibility index (Phi) is 5.52. The molecule has 134 valence electrons. The van der Waals surface area contributed by atoms with Crippen molar-refractivity contribution in [1.82, 2.24) is 10.0 Å². The van der Waals surface area contributed by atoms with Crippen LogP contribution in [0.2, 0.25) is 0 Å². The van der Waals surface area contributed by atoms with E-state index >= 15 is 0 Å². The van der Waals surface area contributed by atoms with Crippen LogP contribution in [-0.4, -0.2) is 33.6 Å². The molecule has 3 rings (SSSR count). The molecule has 1 amide bonds. The number of nitrogens with one attached hydrogen (secondary N) is 2. The highest BCUT2D eigenvalue weighted by molar-refractivity contribution is 7.89. The Morgan fingerprint density at radius 3 is 2.64 bits per heavy atom. The minimum atomic E-state index is -3.61. The van der Waals surface area contributed by atoms with Crippen molar-refractivity contribution < 1.29 is 22.4 Å². The molecule has 1 aromatic heterocycles. The zero-order valence-corrected chi connectivity index (χ0v) is 14.4. The second kappa shape index (κ2) is 7.81. The van der Waals surface area contributed by atoms with Crippen LogP contribution in [0.15, 0.2) is 52.2 Å². The summed E-state index contributed by atoms with van der Waals surface area (Å²) in [5.74, 6) is -0.280. The average molecular weight is 364 g/mol. The highest BCUT2D eigenvalue weighted by Crippen LogP contribution is 2.14. The summed E-state index contributed by atoms with van der Waals surface area (Å²) in [4.78, 5) is 12.2. The van der Waals surface area contributed by atoms with Crippen LogP contribution in [0.1, 0.15) is 28.8 Å². The number of hydrogen-bond acceptors (Lipinski definition) is 5. The van der Waals surface area contributed by atoms with Crippen LogP contribution < -0.4 is 10.0 Å². The third-order valence-electron chi connectivity index (χ3n) is 3.98. The summed E-state index contributed by atoms with van der Waals surface area (Å²) in [5, 5.41) is 2.74. The molecular weight excluding hydrogens is 344 g/mol. The van der Waals surface area contributed by atoms with Crippen LogP contribution in [0, 0.1) is 0 Å². The van der Waals surface area contributed by atoms with E-state index in [1.165, 1.54) is 30.5 Å². The van der Waals surface area contributed by atoms with Crippen molar-refractivity contribution in [3.8, 4) is 0 Å². The zero-order chi connectivity index (χ0) is 17.7. The number of carbonyl (C=O) groups is 1. The van der Waals surface area contributed by atoms with Crippen LogP contribution >= 0.6 is 0 Å². The monoisotopic (exact) mass is 364 g/mol. The fourth-order valence-electron chi connectivity index (χ4n) is 2.55. The molecule has 2 aromatic rings. The smallest absolute Gasteiger partial charge is 0.251 e. The minimum Gasteiger partial charge on any atom is -0.472 e. The Bertz CT molecular complexity index is 794. The fraction of sp³-hybridized carbons (Fsp3) is 0.353. The largest absolute Gasteiger partial charge is 0.472 e. The van der Waals surface area contributed by atoms with E-state index in [1.807, 2.05) is 0 Å². The number of benzene rings is 1. The van der Waals surface area contributed by atoms with Gasteiger partial charge in [-0.15, -0.1) is 0 Å². The molecule has 1 aliphatic rings. The lowest BCUT2D eigenvalue weighted by molar-refractivity contribution is 0.0950. The summed E-state index contributed by atoms with van der Waals surface area (Å²) in [5.41, 5.74) is 1.24. The molecule has 1 atom stereocenters. The Morgan fingerprint density at radius 1 is 1.20 bits per heavy atom. The van der Waals surface area contributed by atoms with Crippen molar-refractivity contribution in [2.75, 3.05) is 13.2 Å². The molecule has 0 saturated carbocycles. The maximum Gasteiger partial charge on any atom is 0.251 e. The number of amides is 1. The average Bonchev–Trinajstić information content (AvgIpc) is 3.31. The van der Waals surface area contributed by atoms with E-state index in [0.717, 1.165) is 18.4 Å². The van der Waals surface area contributed by atoms with E-state index in [4.69, 9.17) is 9.15 Å². The normalized spacial score (nSPS) is 17.5. The van der Waals surface area contributed by atoms with Gasteiger partial charge in [0.1, 0.15) is 0 Å². The lowest BCUT2D eigenvalue weighted by atomic mass is 10.2. The van der Waals surface area contributed by atoms with Crippen LogP contribution in [0.5, 0.6) is 0 Å². The van der Waals surface area contributed by atoms with E-state index in [9.17, 15) is 13.2 Å². The first kappa shape index (κ1) is 17.7. The third-order valence-corrected chi connectivity index (χ3v) is 5.42. The summed E-state index contributed by atoms with van der Waals surface area (Å²) in [6, 6.07) is 7.58. The lowest BCUT2D eigenvalue weighted by Crippen LogP contribution is -2.31. The first-order chi connectivity index (χ1) is 12.0. The molecule has 1 unspecified atom stereocenters. The number of carbonyl (C=O) groups excluding carboxylic acids is 1. The topological polar surface area (TPSA) is 97.6 Å². The molecule has 0 spiro atoms. The molecule has 2 N–H and O–H groups in total. The van der Waals surface area contributed by atoms with E-state index in [-0.39, 0.29) is 23.5 Å². The van der Waals surface area contributed by atoms with Crippen LogP contribution in [0.4, 0.5) is 0 Å². The van der Waals surface area contributed by atoms with Crippen LogP contribution in [-0.2, 0) is 21.3 Å². The van der Waals surface area contributed by atoms with Crippen molar-refractivity contribution in [3.63, 3.8) is 0 Å². The van der Waals surface area contributed by atoms with Gasteiger partial charge in [0, 0.05) is 30.8 Å². The molecule has 1 saturated heterocycles. The van der Waals surface area contributed by atoms with Gasteiger partial charge in [0.15, 0.2) is 0 Å². The summed E-state index contributed by atoms with van der Waals surface area (Å²) >= 11 is 0. The molecular formula is C17H20N2O5S. The van der Waals surface area contributed by atoms with Gasteiger partial charge in [-0.05, 0) is 43.2 Å². The molecule has 1 fully saturated rings. The van der Waals surface area contributed by atoms with Gasteiger partial charge in [0.2, 0.25) is 10.0 Å². The van der Waals surface area contributed by atoms with Crippen molar-refractivity contribution in [2.24, 2.45) is 0 Å². The second-order valence-corrected chi connectivity index (χ2v) is 7.59. The van der Waals surface area contributed by atoms with E-state index in [0.29, 0.717) is 18.7 Å². The Balaban J connectivity index is 1.57. The van der Waals surface area contributed by atoms with Crippen molar-refractivity contribution in [1.29, 1.82) is 0 Å². The molecule has 1 aromatic carbocycles. The van der Waals surface area contributed by atoms with Gasteiger partial charge in [-0.3, -0.25) is 4.79 Å². The zero-order valence-electron chi connectivity index (χ0n) is 13.6. The highest BCUT2D eigenvalue weighted by atomic mass is 32.2. The van der Waals surface area contributed by atoms with Crippen molar-refractivity contribution in [3.05, 3.63) is 54.0 Å². The summed E-state index contributed by atoms with van der Waals surface area (Å²) in [7, 11) is -3.61. The van der Waals surface area contributed by atoms with Gasteiger partial charge in [-0.2, -0.15) is 0 Å². The van der Waals surface area contributed by atoms with E-state index < -0.39 is 10.0 Å². The van der Waals surface area contributed by atoms with Gasteiger partial charge < -0.3 is 14.5 Å². The summed E-state index contributed by atoms with van der Waals surface area (Å²) < 4.78 is 37.4. The van der Waals surface area contributed by atoms with Gasteiger partial charge in [0.25, 0.3) is 5.91 Å². The van der Waals surface area contributed by atoms with Crippen molar-refractivity contribution in [2.45, 2.75) is 30.4 Å². The molecule has 0 radical (unpaired) electrons. The quantitative estimate of drug-likeness (QED) is 0.779. The third kappa shape index (κ3) is 4.68. The maximum atomic E-state index is 12.3. The maximum absolute atomic E-state index is 12.3. The molecule has 1 aliphatic heterocycles. The first-order valence-corrected chi connectivity index (χ1v) is 9.53. The number of furan rings is 1. The van der Waals surface area contributed by atoms with E-state index in [2.05, 4.69) is 10.0 Å². The summed E-state index contributed by atoms with van der Waals surface area (Å²) in [6.07, 6.45) is 4.83. The Labute approximate surface area is 146 Å². The van der Waals surface area contributed by atoms with Gasteiger partial charge in [-0.25, -0.2) is 13.1 Å². The molecule has 7 nitrogen and oxygen atoms in total. The number of ether oxygens (including phenoxy) is 1. The Hall–Kier alpha value is -2.16. The molecule has 0 aliphatic carbocycles. The number of hydrogen-bond donors (Lipinski definition) is 2. The minimum absolute atomic E-state index is 0.0669. The highest BCUT2D eigenvalue weighted by Gasteiger charge is 2.20. The fourth-order valence-corrected chi connectivity index (χ4v) is 3.62. The number of sulfonamides is 1. The predicted molar refractivity (Wildman–Crippen MR) is 90.5 cm³/mol. The standard InChI is InChI=1S/C17H20N2O5S/c20-17(18-10-13-7-9-23-12-13)14-3-5-16(6-4-14)25(21,22)19-11-15-2-1-8-24-15/h3-7,9,12,15,19H,1-2,8,10-11H2,(H,18,20). The molecule has 0 bridgehead atoms. The molecule has 25 heavy (non-hydrogen) atoms. The van der Waals surface area contributed by atoms with Crippen molar-refractivity contribution >= 4 is 15.9 Å². The predicted octanol–water partition coefficient (Wildman–Crippen LogP) is 1.67. The molecule has 2 heterocycles. The summed E-state index contributed by atoms with van der Waals surface area (Å²) in [6.45, 7) is 1.28. The SMILES string of the molecule is O=C(NCc1ccoc1)c1ccc(S(=O)(=O)NCC2CCCO2)cc1. The van der Waals surface area contributed by atoms with Gasteiger partial charge in [0.05, 0.1) is 23.5 Å². The Morgan fingerprint density at radius 2 is 2.00 bits per heavy atom. The van der Waals surface area contributed by atoms with Crippen LogP contribution in [0.25, 0.3) is 0 Å². The number of rotatable bonds is 7. The first-order valence-electron chi connectivity index (χ1n) is 8.05. The van der Waals surface area contributed by atoms with Gasteiger partial charge in [-0.1, -0.05) is 0 Å². The lowest BCUT2D eigenvalue weighted by Gasteiger charge is -2.11. The second-order valence-electron chi connectivity index (χ2n) is 5.83. The van der Waals surface area contributed by atoms with Gasteiger partial charge >= 0.3 is 0 Å².